The lowest BCUT2D eigenvalue weighted by molar-refractivity contribution is -0.0522. The summed E-state index contributed by atoms with van der Waals surface area (Å²) in [5, 5.41) is 0. The van der Waals surface area contributed by atoms with Gasteiger partial charge in [-0.1, -0.05) is 12.1 Å². The summed E-state index contributed by atoms with van der Waals surface area (Å²) in [5.74, 6) is 0.466. The number of imidazole rings is 1. The molecule has 1 saturated heterocycles. The first-order chi connectivity index (χ1) is 11.7. The van der Waals surface area contributed by atoms with Crippen LogP contribution in [-0.4, -0.2) is 41.3 Å². The van der Waals surface area contributed by atoms with Crippen LogP contribution in [0.3, 0.4) is 0 Å². The van der Waals surface area contributed by atoms with Gasteiger partial charge >= 0.3 is 6.61 Å². The zero-order chi connectivity index (χ0) is 16.9. The number of hydrogen-bond acceptors (Lipinski definition) is 4. The van der Waals surface area contributed by atoms with Crippen molar-refractivity contribution in [2.24, 2.45) is 0 Å². The van der Waals surface area contributed by atoms with Gasteiger partial charge in [-0.25, -0.2) is 4.98 Å². The van der Waals surface area contributed by atoms with Crippen LogP contribution in [0.4, 0.5) is 8.78 Å². The predicted molar refractivity (Wildman–Crippen MR) is 85.4 cm³/mol. The first-order valence-corrected chi connectivity index (χ1v) is 7.98. The summed E-state index contributed by atoms with van der Waals surface area (Å²) in [6.45, 7) is -0.509. The summed E-state index contributed by atoms with van der Waals surface area (Å²) in [6.07, 6.45) is 7.63. The molecule has 3 rings (SSSR count). The van der Waals surface area contributed by atoms with Crippen molar-refractivity contribution in [2.45, 2.75) is 32.0 Å². The molecule has 130 valence electrons. The Morgan fingerprint density at radius 2 is 2.08 bits per heavy atom. The van der Waals surface area contributed by atoms with Gasteiger partial charge in [0, 0.05) is 43.6 Å². The second-order valence-electron chi connectivity index (χ2n) is 5.84. The Hall–Kier alpha value is -2.15. The molecule has 1 fully saturated rings. The number of methoxy groups -OCH3 is 1. The van der Waals surface area contributed by atoms with Crippen LogP contribution in [0.2, 0.25) is 0 Å². The van der Waals surface area contributed by atoms with E-state index in [9.17, 15) is 8.78 Å². The molecular weight excluding hydrogens is 316 g/mol. The molecule has 0 aliphatic carbocycles. The van der Waals surface area contributed by atoms with Crippen molar-refractivity contribution in [3.05, 3.63) is 42.5 Å². The molecule has 0 radical (unpaired) electrons. The van der Waals surface area contributed by atoms with Crippen molar-refractivity contribution in [1.29, 1.82) is 0 Å². The molecule has 5 nitrogen and oxygen atoms in total. The lowest BCUT2D eigenvalue weighted by Crippen LogP contribution is -2.34. The van der Waals surface area contributed by atoms with Crippen molar-refractivity contribution in [1.82, 2.24) is 14.5 Å². The van der Waals surface area contributed by atoms with Gasteiger partial charge in [-0.3, -0.25) is 4.90 Å². The van der Waals surface area contributed by atoms with E-state index < -0.39 is 6.61 Å². The van der Waals surface area contributed by atoms with Gasteiger partial charge in [-0.05, 0) is 18.9 Å². The van der Waals surface area contributed by atoms with Gasteiger partial charge in [0.15, 0.2) is 11.5 Å². The lowest BCUT2D eigenvalue weighted by Gasteiger charge is -2.32. The SMILES string of the molecule is COc1cccc(CN2CCC(n3ccnc3)CC2)c1OC(F)F. The fourth-order valence-electron chi connectivity index (χ4n) is 3.17. The Balaban J connectivity index is 1.66. The van der Waals surface area contributed by atoms with Gasteiger partial charge in [-0.2, -0.15) is 8.78 Å². The molecule has 0 unspecified atom stereocenters. The molecule has 2 aromatic rings. The van der Waals surface area contributed by atoms with Crippen molar-refractivity contribution in [3.8, 4) is 11.5 Å². The first-order valence-electron chi connectivity index (χ1n) is 7.98. The van der Waals surface area contributed by atoms with Crippen molar-refractivity contribution < 1.29 is 18.3 Å². The van der Waals surface area contributed by atoms with E-state index >= 15 is 0 Å². The number of para-hydroxylation sites is 1. The van der Waals surface area contributed by atoms with E-state index in [2.05, 4.69) is 14.5 Å². The normalized spacial score (nSPS) is 16.5. The highest BCUT2D eigenvalue weighted by Crippen LogP contribution is 2.34. The minimum absolute atomic E-state index is 0.131. The summed E-state index contributed by atoms with van der Waals surface area (Å²) < 4.78 is 37.4. The van der Waals surface area contributed by atoms with Crippen LogP contribution < -0.4 is 9.47 Å². The summed E-state index contributed by atoms with van der Waals surface area (Å²) in [4.78, 5) is 6.34. The van der Waals surface area contributed by atoms with E-state index in [0.717, 1.165) is 31.5 Å². The summed E-state index contributed by atoms with van der Waals surface area (Å²) in [7, 11) is 1.45. The molecule has 0 saturated carbocycles. The van der Waals surface area contributed by atoms with E-state index in [0.29, 0.717) is 18.3 Å². The summed E-state index contributed by atoms with van der Waals surface area (Å²) in [6, 6.07) is 5.69. The minimum Gasteiger partial charge on any atom is -0.493 e. The molecule has 1 aliphatic rings. The fourth-order valence-corrected chi connectivity index (χ4v) is 3.17. The number of halogens is 2. The molecule has 0 spiro atoms. The Labute approximate surface area is 139 Å². The van der Waals surface area contributed by atoms with Crippen LogP contribution >= 0.6 is 0 Å². The average molecular weight is 337 g/mol. The molecule has 1 aromatic heterocycles. The molecule has 7 heteroatoms. The number of aromatic nitrogens is 2. The zero-order valence-electron chi connectivity index (χ0n) is 13.6. The number of ether oxygens (including phenoxy) is 2. The largest absolute Gasteiger partial charge is 0.493 e. The molecule has 24 heavy (non-hydrogen) atoms. The number of likely N-dealkylation sites (tertiary alicyclic amines) is 1. The standard InChI is InChI=1S/C17H21F2N3O2/c1-23-15-4-2-3-13(16(15)24-17(18)19)11-21-8-5-14(6-9-21)22-10-7-20-12-22/h2-4,7,10,12,14,17H,5-6,8-9,11H2,1H3. The van der Waals surface area contributed by atoms with E-state index in [1.165, 1.54) is 7.11 Å². The molecule has 0 amide bonds. The molecule has 0 N–H and O–H groups in total. The van der Waals surface area contributed by atoms with Gasteiger partial charge in [0.05, 0.1) is 13.4 Å². The number of nitrogens with zero attached hydrogens (tertiary/aromatic N) is 3. The number of hydrogen-bond donors (Lipinski definition) is 0. The van der Waals surface area contributed by atoms with Crippen LogP contribution in [0.25, 0.3) is 0 Å². The van der Waals surface area contributed by atoms with Crippen molar-refractivity contribution in [2.75, 3.05) is 20.2 Å². The lowest BCUT2D eigenvalue weighted by atomic mass is 10.0. The highest BCUT2D eigenvalue weighted by Gasteiger charge is 2.22. The molecule has 0 bridgehead atoms. The maximum absolute atomic E-state index is 12.7. The summed E-state index contributed by atoms with van der Waals surface area (Å²) in [5.41, 5.74) is 0.718. The maximum atomic E-state index is 12.7. The topological polar surface area (TPSA) is 39.5 Å². The Kier molecular flexibility index (Phi) is 5.30. The molecular formula is C17H21F2N3O2. The molecule has 1 aromatic carbocycles. The van der Waals surface area contributed by atoms with Gasteiger partial charge in [0.25, 0.3) is 0 Å². The Morgan fingerprint density at radius 1 is 1.29 bits per heavy atom. The quantitative estimate of drug-likeness (QED) is 0.811. The monoisotopic (exact) mass is 337 g/mol. The van der Waals surface area contributed by atoms with Crippen LogP contribution in [0, 0.1) is 0 Å². The highest BCUT2D eigenvalue weighted by atomic mass is 19.3. The van der Waals surface area contributed by atoms with Gasteiger partial charge < -0.3 is 14.0 Å². The molecule has 1 aliphatic heterocycles. The summed E-state index contributed by atoms with van der Waals surface area (Å²) >= 11 is 0. The predicted octanol–water partition coefficient (Wildman–Crippen LogP) is 3.33. The van der Waals surface area contributed by atoms with E-state index in [1.807, 2.05) is 18.6 Å². The average Bonchev–Trinajstić information content (AvgIpc) is 3.11. The highest BCUT2D eigenvalue weighted by molar-refractivity contribution is 5.46. The second-order valence-corrected chi connectivity index (χ2v) is 5.84. The second kappa shape index (κ2) is 7.61. The third-order valence-electron chi connectivity index (χ3n) is 4.38. The number of rotatable bonds is 6. The zero-order valence-corrected chi connectivity index (χ0v) is 13.6. The third-order valence-corrected chi connectivity index (χ3v) is 4.38. The number of benzene rings is 1. The van der Waals surface area contributed by atoms with Gasteiger partial charge in [0.1, 0.15) is 0 Å². The maximum Gasteiger partial charge on any atom is 0.387 e. The van der Waals surface area contributed by atoms with Crippen LogP contribution in [-0.2, 0) is 6.54 Å². The first kappa shape index (κ1) is 16.7. The van der Waals surface area contributed by atoms with Crippen molar-refractivity contribution >= 4 is 0 Å². The number of piperidine rings is 1. The van der Waals surface area contributed by atoms with E-state index in [4.69, 9.17) is 9.47 Å². The van der Waals surface area contributed by atoms with Gasteiger partial charge in [-0.15, -0.1) is 0 Å². The fraction of sp³-hybridized carbons (Fsp3) is 0.471. The Morgan fingerprint density at radius 3 is 2.71 bits per heavy atom. The minimum atomic E-state index is -2.87. The van der Waals surface area contributed by atoms with Gasteiger partial charge in [0.2, 0.25) is 0 Å². The Bertz CT molecular complexity index is 641. The smallest absolute Gasteiger partial charge is 0.387 e. The number of alkyl halides is 2. The molecule has 2 heterocycles. The van der Waals surface area contributed by atoms with E-state index in [1.54, 1.807) is 18.3 Å². The van der Waals surface area contributed by atoms with Crippen LogP contribution in [0.15, 0.2) is 36.9 Å². The third kappa shape index (κ3) is 3.84. The van der Waals surface area contributed by atoms with Crippen LogP contribution in [0.5, 0.6) is 11.5 Å². The van der Waals surface area contributed by atoms with E-state index in [-0.39, 0.29) is 5.75 Å². The van der Waals surface area contributed by atoms with Crippen LogP contribution in [0.1, 0.15) is 24.4 Å². The van der Waals surface area contributed by atoms with Crippen molar-refractivity contribution in [3.63, 3.8) is 0 Å². The molecule has 0 atom stereocenters.